The number of benzene rings is 1. The number of allylic oxidation sites excluding steroid dienone is 1. The summed E-state index contributed by atoms with van der Waals surface area (Å²) in [7, 11) is 1.78. The van der Waals surface area contributed by atoms with Gasteiger partial charge >= 0.3 is 0 Å². The Balaban J connectivity index is 3.37. The van der Waals surface area contributed by atoms with Gasteiger partial charge in [-0.05, 0) is 62.4 Å². The SMILES string of the molecule is C=C(C)C(=Nc1cc(C)c(CC)cc1C)C(C)=NC. The van der Waals surface area contributed by atoms with E-state index in [4.69, 9.17) is 4.99 Å². The van der Waals surface area contributed by atoms with Crippen LogP contribution in [0.1, 0.15) is 37.5 Å². The molecule has 1 rings (SSSR count). The van der Waals surface area contributed by atoms with Crippen molar-refractivity contribution in [1.29, 1.82) is 0 Å². The van der Waals surface area contributed by atoms with E-state index in [2.05, 4.69) is 44.5 Å². The number of rotatable bonds is 4. The normalized spacial score (nSPS) is 12.7. The first-order valence-electron chi connectivity index (χ1n) is 6.69. The van der Waals surface area contributed by atoms with Crippen molar-refractivity contribution in [3.05, 3.63) is 41.0 Å². The standard InChI is InChI=1S/C17H24N2/c1-8-15-9-13(5)16(10-12(15)4)19-17(11(2)3)14(6)18-7/h9-10H,2,8H2,1,3-7H3. The maximum absolute atomic E-state index is 4.75. The van der Waals surface area contributed by atoms with E-state index in [1.165, 1.54) is 16.7 Å². The average molecular weight is 256 g/mol. The summed E-state index contributed by atoms with van der Waals surface area (Å²) in [5.41, 5.74) is 7.63. The third-order valence-corrected chi connectivity index (χ3v) is 3.35. The Kier molecular flexibility index (Phi) is 5.22. The zero-order valence-electron chi connectivity index (χ0n) is 13.0. The Labute approximate surface area is 117 Å². The van der Waals surface area contributed by atoms with Gasteiger partial charge in [0.25, 0.3) is 0 Å². The molecule has 1 aromatic rings. The van der Waals surface area contributed by atoms with Gasteiger partial charge < -0.3 is 0 Å². The van der Waals surface area contributed by atoms with Crippen molar-refractivity contribution in [3.63, 3.8) is 0 Å². The molecule has 0 saturated heterocycles. The molecule has 0 bridgehead atoms. The summed E-state index contributed by atoms with van der Waals surface area (Å²) >= 11 is 0. The van der Waals surface area contributed by atoms with Gasteiger partial charge in [0.15, 0.2) is 0 Å². The molecule has 0 aliphatic carbocycles. The zero-order valence-corrected chi connectivity index (χ0v) is 13.0. The molecule has 0 amide bonds. The average Bonchev–Trinajstić information content (AvgIpc) is 2.37. The molecular weight excluding hydrogens is 232 g/mol. The number of hydrogen-bond donors (Lipinski definition) is 0. The van der Waals surface area contributed by atoms with Gasteiger partial charge in [-0.3, -0.25) is 4.99 Å². The van der Waals surface area contributed by atoms with E-state index >= 15 is 0 Å². The minimum absolute atomic E-state index is 0.884. The van der Waals surface area contributed by atoms with Crippen LogP contribution < -0.4 is 0 Å². The summed E-state index contributed by atoms with van der Waals surface area (Å²) in [6.45, 7) is 14.4. The highest BCUT2D eigenvalue weighted by Crippen LogP contribution is 2.24. The van der Waals surface area contributed by atoms with Crippen LogP contribution >= 0.6 is 0 Å². The summed E-state index contributed by atoms with van der Waals surface area (Å²) in [6, 6.07) is 4.38. The fourth-order valence-corrected chi connectivity index (χ4v) is 2.07. The van der Waals surface area contributed by atoms with Gasteiger partial charge in [-0.2, -0.15) is 0 Å². The Morgan fingerprint density at radius 1 is 1.16 bits per heavy atom. The fourth-order valence-electron chi connectivity index (χ4n) is 2.07. The third kappa shape index (κ3) is 3.63. The summed E-state index contributed by atoms with van der Waals surface area (Å²) in [6.07, 6.45) is 1.06. The van der Waals surface area contributed by atoms with Crippen molar-refractivity contribution in [2.24, 2.45) is 9.98 Å². The molecule has 0 spiro atoms. The van der Waals surface area contributed by atoms with Gasteiger partial charge in [0, 0.05) is 7.05 Å². The summed E-state index contributed by atoms with van der Waals surface area (Å²) in [5.74, 6) is 0. The number of hydrogen-bond acceptors (Lipinski definition) is 2. The molecule has 0 heterocycles. The molecule has 102 valence electrons. The summed E-state index contributed by atoms with van der Waals surface area (Å²) in [4.78, 5) is 8.97. The molecule has 2 heteroatoms. The molecule has 0 radical (unpaired) electrons. The van der Waals surface area contributed by atoms with Gasteiger partial charge in [0.2, 0.25) is 0 Å². The zero-order chi connectivity index (χ0) is 14.6. The summed E-state index contributed by atoms with van der Waals surface area (Å²) in [5, 5.41) is 0. The van der Waals surface area contributed by atoms with Crippen molar-refractivity contribution in [3.8, 4) is 0 Å². The maximum atomic E-state index is 4.75. The van der Waals surface area contributed by atoms with Crippen molar-refractivity contribution in [2.45, 2.75) is 41.0 Å². The highest BCUT2D eigenvalue weighted by atomic mass is 14.8. The van der Waals surface area contributed by atoms with E-state index in [1.54, 1.807) is 7.05 Å². The lowest BCUT2D eigenvalue weighted by atomic mass is 10.0. The Bertz CT molecular complexity index is 549. The maximum Gasteiger partial charge on any atom is 0.0867 e. The first-order valence-corrected chi connectivity index (χ1v) is 6.69. The van der Waals surface area contributed by atoms with E-state index in [-0.39, 0.29) is 0 Å². The van der Waals surface area contributed by atoms with Gasteiger partial charge in [-0.15, -0.1) is 0 Å². The lowest BCUT2D eigenvalue weighted by Gasteiger charge is -2.10. The second-order valence-corrected chi connectivity index (χ2v) is 4.97. The molecule has 0 aliphatic heterocycles. The molecule has 0 N–H and O–H groups in total. The minimum atomic E-state index is 0.884. The Hall–Kier alpha value is -1.70. The van der Waals surface area contributed by atoms with Gasteiger partial charge in [0.1, 0.15) is 0 Å². The van der Waals surface area contributed by atoms with E-state index in [0.29, 0.717) is 0 Å². The molecule has 0 atom stereocenters. The second kappa shape index (κ2) is 6.46. The molecule has 19 heavy (non-hydrogen) atoms. The van der Waals surface area contributed by atoms with E-state index in [0.717, 1.165) is 29.1 Å². The predicted octanol–water partition coefficient (Wildman–Crippen LogP) is 4.61. The van der Waals surface area contributed by atoms with Crippen LogP contribution in [0.3, 0.4) is 0 Å². The van der Waals surface area contributed by atoms with E-state index in [1.807, 2.05) is 13.8 Å². The number of nitrogens with zero attached hydrogens (tertiary/aromatic N) is 2. The number of aliphatic imine (C=N–C) groups is 2. The number of aryl methyl sites for hydroxylation is 3. The molecule has 0 saturated carbocycles. The van der Waals surface area contributed by atoms with Crippen LogP contribution in [0.25, 0.3) is 0 Å². The highest BCUT2D eigenvalue weighted by molar-refractivity contribution is 6.47. The lowest BCUT2D eigenvalue weighted by Crippen LogP contribution is -2.11. The fraction of sp³-hybridized carbons (Fsp3) is 0.412. The predicted molar refractivity (Wildman–Crippen MR) is 86.2 cm³/mol. The van der Waals surface area contributed by atoms with Gasteiger partial charge in [-0.1, -0.05) is 19.6 Å². The summed E-state index contributed by atoms with van der Waals surface area (Å²) < 4.78 is 0. The van der Waals surface area contributed by atoms with Crippen LogP contribution in [0.5, 0.6) is 0 Å². The molecule has 0 aromatic heterocycles. The third-order valence-electron chi connectivity index (χ3n) is 3.35. The molecular formula is C17H24N2. The molecule has 1 aromatic carbocycles. The van der Waals surface area contributed by atoms with Crippen LogP contribution in [0.15, 0.2) is 34.3 Å². The smallest absolute Gasteiger partial charge is 0.0867 e. The molecule has 0 fully saturated rings. The van der Waals surface area contributed by atoms with E-state index in [9.17, 15) is 0 Å². The highest BCUT2D eigenvalue weighted by Gasteiger charge is 2.07. The van der Waals surface area contributed by atoms with E-state index < -0.39 is 0 Å². The van der Waals surface area contributed by atoms with Crippen LogP contribution in [0.4, 0.5) is 5.69 Å². The Morgan fingerprint density at radius 2 is 1.79 bits per heavy atom. The molecule has 2 nitrogen and oxygen atoms in total. The largest absolute Gasteiger partial charge is 0.291 e. The minimum Gasteiger partial charge on any atom is -0.291 e. The quantitative estimate of drug-likeness (QED) is 0.703. The Morgan fingerprint density at radius 3 is 2.26 bits per heavy atom. The van der Waals surface area contributed by atoms with Crippen LogP contribution in [-0.4, -0.2) is 18.5 Å². The lowest BCUT2D eigenvalue weighted by molar-refractivity contribution is 1.10. The van der Waals surface area contributed by atoms with Crippen molar-refractivity contribution in [1.82, 2.24) is 0 Å². The van der Waals surface area contributed by atoms with Crippen LogP contribution in [0.2, 0.25) is 0 Å². The van der Waals surface area contributed by atoms with Crippen molar-refractivity contribution >= 4 is 17.1 Å². The van der Waals surface area contributed by atoms with Crippen LogP contribution in [-0.2, 0) is 6.42 Å². The second-order valence-electron chi connectivity index (χ2n) is 4.97. The van der Waals surface area contributed by atoms with Crippen molar-refractivity contribution < 1.29 is 0 Å². The molecule has 0 aliphatic rings. The first-order chi connectivity index (χ1) is 8.90. The van der Waals surface area contributed by atoms with Gasteiger partial charge in [0.05, 0.1) is 17.1 Å². The first kappa shape index (κ1) is 15.4. The monoisotopic (exact) mass is 256 g/mol. The molecule has 0 unspecified atom stereocenters. The van der Waals surface area contributed by atoms with Gasteiger partial charge in [-0.25, -0.2) is 4.99 Å². The van der Waals surface area contributed by atoms with Crippen LogP contribution in [0, 0.1) is 13.8 Å². The topological polar surface area (TPSA) is 24.7 Å². The van der Waals surface area contributed by atoms with Crippen molar-refractivity contribution in [2.75, 3.05) is 7.05 Å².